The molecule has 0 amide bonds. The zero-order chi connectivity index (χ0) is 28.6. The van der Waals surface area contributed by atoms with Gasteiger partial charge in [-0.15, -0.1) is 0 Å². The topological polar surface area (TPSA) is 89.9 Å². The van der Waals surface area contributed by atoms with Crippen molar-refractivity contribution in [3.8, 4) is 0 Å². The molecule has 10 atom stereocenters. The fourth-order valence-electron chi connectivity index (χ4n) is 8.54. The molecule has 7 nitrogen and oxygen atoms in total. The molecule has 40 heavy (non-hydrogen) atoms. The van der Waals surface area contributed by atoms with Crippen LogP contribution in [0, 0.1) is 17.8 Å². The van der Waals surface area contributed by atoms with Crippen LogP contribution < -0.4 is 0 Å². The zero-order valence-electron chi connectivity index (χ0n) is 26.0. The fourth-order valence-corrected chi connectivity index (χ4v) is 31.6. The monoisotopic (exact) mass is 630 g/mol. The number of rotatable bonds is 9. The first-order valence-corrected chi connectivity index (χ1v) is 27.0. The van der Waals surface area contributed by atoms with Gasteiger partial charge >= 0.3 is 34.2 Å². The van der Waals surface area contributed by atoms with Gasteiger partial charge < -0.3 is 31.4 Å². The Kier molecular flexibility index (Phi) is 10.3. The summed E-state index contributed by atoms with van der Waals surface area (Å²) >= 11 is 0. The summed E-state index contributed by atoms with van der Waals surface area (Å²) in [5, 5.41) is 20.6. The van der Waals surface area contributed by atoms with Gasteiger partial charge in [0.2, 0.25) is 0 Å². The van der Waals surface area contributed by atoms with E-state index in [2.05, 4.69) is 32.7 Å². The van der Waals surface area contributed by atoms with Crippen molar-refractivity contribution in [1.82, 2.24) is 0 Å². The van der Waals surface area contributed by atoms with Gasteiger partial charge in [0, 0.05) is 0 Å². The lowest BCUT2D eigenvalue weighted by molar-refractivity contribution is 0.0981. The summed E-state index contributed by atoms with van der Waals surface area (Å²) in [6.07, 6.45) is 16.1. The van der Waals surface area contributed by atoms with Gasteiger partial charge in [0.05, 0.1) is 24.4 Å². The minimum absolute atomic E-state index is 0.149. The van der Waals surface area contributed by atoms with Crippen molar-refractivity contribution in [3.05, 3.63) is 0 Å². The normalized spacial score (nSPS) is 47.6. The van der Waals surface area contributed by atoms with Crippen molar-refractivity contribution in [2.45, 2.75) is 165 Å². The summed E-state index contributed by atoms with van der Waals surface area (Å²) in [7, 11) is -10.2. The molecule has 0 spiro atoms. The zero-order valence-corrected chi connectivity index (χ0v) is 30.0. The molecule has 3 saturated carbocycles. The summed E-state index contributed by atoms with van der Waals surface area (Å²) in [6, 6.07) is 2.90. The van der Waals surface area contributed by atoms with Gasteiger partial charge in [-0.25, -0.2) is 0 Å². The van der Waals surface area contributed by atoms with Gasteiger partial charge in [-0.3, -0.25) is 0 Å². The second-order valence-electron chi connectivity index (χ2n) is 15.1. The van der Waals surface area contributed by atoms with Crippen molar-refractivity contribution < 1.29 is 31.4 Å². The predicted molar refractivity (Wildman–Crippen MR) is 167 cm³/mol. The van der Waals surface area contributed by atoms with E-state index in [1.54, 1.807) is 0 Å². The number of aliphatic hydroxyl groups is 2. The largest absolute Gasteiger partial charge is 0.416 e. The molecule has 232 valence electrons. The van der Waals surface area contributed by atoms with Gasteiger partial charge in [-0.1, -0.05) is 25.7 Å². The summed E-state index contributed by atoms with van der Waals surface area (Å²) < 4.78 is 34.7. The number of hydrogen-bond acceptors (Lipinski definition) is 7. The van der Waals surface area contributed by atoms with Crippen LogP contribution in [0.3, 0.4) is 0 Å². The quantitative estimate of drug-likeness (QED) is 0.213. The van der Waals surface area contributed by atoms with E-state index in [0.29, 0.717) is 30.0 Å². The van der Waals surface area contributed by atoms with E-state index < -0.39 is 34.2 Å². The summed E-state index contributed by atoms with van der Waals surface area (Å²) in [4.78, 5) is 0. The number of epoxide rings is 1. The van der Waals surface area contributed by atoms with Crippen LogP contribution in [0.5, 0.6) is 0 Å². The molecule has 2 saturated heterocycles. The molecule has 11 heteroatoms. The van der Waals surface area contributed by atoms with Crippen molar-refractivity contribution in [3.63, 3.8) is 0 Å². The van der Waals surface area contributed by atoms with Crippen LogP contribution in [-0.4, -0.2) is 68.9 Å². The minimum atomic E-state index is -2.61. The Morgan fingerprint density at radius 3 is 1.43 bits per heavy atom. The maximum atomic E-state index is 10.3. The van der Waals surface area contributed by atoms with E-state index in [1.807, 2.05) is 0 Å². The highest BCUT2D eigenvalue weighted by Gasteiger charge is 2.56. The number of fused-ring (bicyclic) bond motifs is 1. The molecule has 5 rings (SSSR count). The Bertz CT molecular complexity index is 821. The molecule has 0 radical (unpaired) electrons. The molecule has 3 aliphatic carbocycles. The first kappa shape index (κ1) is 32.0. The molecular weight excluding hydrogens is 573 g/mol. The number of ether oxygens (including phenoxy) is 1. The molecule has 10 unspecified atom stereocenters. The summed E-state index contributed by atoms with van der Waals surface area (Å²) in [5.41, 5.74) is 0. The Labute approximate surface area is 248 Å². The molecule has 2 aliphatic heterocycles. The third-order valence-electron chi connectivity index (χ3n) is 10.4. The van der Waals surface area contributed by atoms with Crippen LogP contribution in [0.15, 0.2) is 0 Å². The number of aliphatic hydroxyl groups excluding tert-OH is 2. The van der Waals surface area contributed by atoms with Crippen LogP contribution in [0.2, 0.25) is 50.9 Å². The lowest BCUT2D eigenvalue weighted by Gasteiger charge is -2.50. The van der Waals surface area contributed by atoms with Gasteiger partial charge in [-0.2, -0.15) is 0 Å². The van der Waals surface area contributed by atoms with Gasteiger partial charge in [0.25, 0.3) is 0 Å². The minimum Gasteiger partial charge on any atom is -0.416 e. The van der Waals surface area contributed by atoms with E-state index in [1.165, 1.54) is 32.1 Å². The fraction of sp³-hybridized carbons (Fsp3) is 1.00. The Morgan fingerprint density at radius 2 is 0.975 bits per heavy atom. The van der Waals surface area contributed by atoms with Crippen LogP contribution in [0.4, 0.5) is 0 Å². The first-order chi connectivity index (χ1) is 18.8. The first-order valence-electron chi connectivity index (χ1n) is 16.6. The average Bonchev–Trinajstić information content (AvgIpc) is 3.63. The summed E-state index contributed by atoms with van der Waals surface area (Å²) in [5.74, 6) is 1.82. The smallest absolute Gasteiger partial charge is 0.317 e. The van der Waals surface area contributed by atoms with Crippen molar-refractivity contribution in [2.24, 2.45) is 17.8 Å². The molecule has 5 aliphatic rings. The molecule has 5 fully saturated rings. The van der Waals surface area contributed by atoms with E-state index in [9.17, 15) is 10.2 Å². The lowest BCUT2D eigenvalue weighted by atomic mass is 9.86. The lowest BCUT2D eigenvalue weighted by Crippen LogP contribution is -2.66. The van der Waals surface area contributed by atoms with Gasteiger partial charge in [0.1, 0.15) is 0 Å². The molecular formula is C29H58O7Si4. The van der Waals surface area contributed by atoms with Crippen molar-refractivity contribution >= 4 is 34.2 Å². The van der Waals surface area contributed by atoms with E-state index >= 15 is 0 Å². The molecule has 0 aromatic heterocycles. The third kappa shape index (κ3) is 9.06. The SMILES string of the molecule is C[Si]1(C)O[Si](C)(CCC2CCCC(O)C2)O[Si](C)(CCC2CCCC(O)C2)O[Si](C)(CCC2CCC3OC3C2)O1. The maximum Gasteiger partial charge on any atom is 0.317 e. The third-order valence-corrected chi connectivity index (χ3v) is 28.3. The average molecular weight is 631 g/mol. The second kappa shape index (κ2) is 12.9. The Hall–Kier alpha value is 0.588. The maximum absolute atomic E-state index is 10.3. The van der Waals surface area contributed by atoms with Crippen LogP contribution in [0.1, 0.15) is 89.9 Å². The van der Waals surface area contributed by atoms with E-state index in [0.717, 1.165) is 75.9 Å². The molecule has 0 aromatic rings. The molecule has 0 aromatic carbocycles. The number of hydrogen-bond donors (Lipinski definition) is 2. The van der Waals surface area contributed by atoms with Crippen LogP contribution in [0.25, 0.3) is 0 Å². The highest BCUT2D eigenvalue weighted by atomic mass is 28.5. The van der Waals surface area contributed by atoms with Crippen LogP contribution >= 0.6 is 0 Å². The van der Waals surface area contributed by atoms with Gasteiger partial charge in [-0.05, 0) is 133 Å². The Morgan fingerprint density at radius 1 is 0.525 bits per heavy atom. The van der Waals surface area contributed by atoms with E-state index in [-0.39, 0.29) is 12.2 Å². The standard InChI is InChI=1S/C29H58O7Si4/c1-37(2)33-38(3,17-14-23-8-6-10-26(30)20-23)35-40(5,19-15-24-9-7-11-27(31)21-24)36-39(4,34-37)18-16-25-12-13-28-29(22-25)32-28/h23-31H,6-22H2,1-5H3. The van der Waals surface area contributed by atoms with Crippen molar-refractivity contribution in [1.29, 1.82) is 0 Å². The second-order valence-corrected chi connectivity index (χ2v) is 29.5. The predicted octanol–water partition coefficient (Wildman–Crippen LogP) is 6.82. The highest BCUT2D eigenvalue weighted by molar-refractivity contribution is 6.93. The van der Waals surface area contributed by atoms with Crippen LogP contribution in [-0.2, 0) is 21.2 Å². The molecule has 2 heterocycles. The van der Waals surface area contributed by atoms with Crippen molar-refractivity contribution in [2.75, 3.05) is 0 Å². The summed E-state index contributed by atoms with van der Waals surface area (Å²) in [6.45, 7) is 11.3. The van der Waals surface area contributed by atoms with E-state index in [4.69, 9.17) is 21.2 Å². The highest BCUT2D eigenvalue weighted by Crippen LogP contribution is 2.44. The van der Waals surface area contributed by atoms with Gasteiger partial charge in [0.15, 0.2) is 0 Å². The Balaban J connectivity index is 1.29. The molecule has 0 bridgehead atoms. The molecule has 2 N–H and O–H groups in total.